The van der Waals surface area contributed by atoms with Crippen molar-refractivity contribution >= 4 is 15.7 Å². The number of aryl methyl sites for hydroxylation is 1. The molecule has 0 atom stereocenters. The van der Waals surface area contributed by atoms with E-state index in [9.17, 15) is 8.42 Å². The van der Waals surface area contributed by atoms with Crippen molar-refractivity contribution in [2.45, 2.75) is 13.0 Å². The summed E-state index contributed by atoms with van der Waals surface area (Å²) in [5.41, 5.74) is 8.18. The number of nitrogen functional groups attached to an aromatic ring is 1. The lowest BCUT2D eigenvalue weighted by molar-refractivity contribution is 0.580. The molecule has 0 spiro atoms. The number of nitrogens with two attached hydrogens (primary N) is 1. The second-order valence-electron chi connectivity index (χ2n) is 4.62. The summed E-state index contributed by atoms with van der Waals surface area (Å²) in [7, 11) is -3.27. The van der Waals surface area contributed by atoms with Gasteiger partial charge in [0.1, 0.15) is 0 Å². The Morgan fingerprint density at radius 1 is 0.900 bits per heavy atom. The maximum atomic E-state index is 11.9. The fourth-order valence-corrected chi connectivity index (χ4v) is 2.83. The van der Waals surface area contributed by atoms with Gasteiger partial charge in [0.2, 0.25) is 10.0 Å². The molecule has 0 saturated heterocycles. The number of hydrogen-bond acceptors (Lipinski definition) is 3. The molecule has 0 bridgehead atoms. The zero-order valence-corrected chi connectivity index (χ0v) is 11.9. The van der Waals surface area contributed by atoms with Gasteiger partial charge in [-0.15, -0.1) is 0 Å². The molecule has 0 heterocycles. The Hall–Kier alpha value is -1.85. The predicted octanol–water partition coefficient (Wildman–Crippen LogP) is 1.93. The maximum absolute atomic E-state index is 11.9. The van der Waals surface area contributed by atoms with E-state index >= 15 is 0 Å². The minimum absolute atomic E-state index is 0.0732. The van der Waals surface area contributed by atoms with Gasteiger partial charge in [0, 0.05) is 12.2 Å². The first-order valence-electron chi connectivity index (χ1n) is 6.41. The number of benzene rings is 2. The monoisotopic (exact) mass is 290 g/mol. The molecule has 2 rings (SSSR count). The van der Waals surface area contributed by atoms with E-state index in [1.54, 1.807) is 12.1 Å². The molecule has 0 aliphatic heterocycles. The fraction of sp³-hybridized carbons (Fsp3) is 0.200. The third kappa shape index (κ3) is 4.68. The molecule has 0 radical (unpaired) electrons. The average molecular weight is 290 g/mol. The van der Waals surface area contributed by atoms with Crippen molar-refractivity contribution in [2.24, 2.45) is 0 Å². The van der Waals surface area contributed by atoms with Crippen molar-refractivity contribution in [1.29, 1.82) is 0 Å². The zero-order valence-electron chi connectivity index (χ0n) is 11.1. The molecule has 2 aromatic rings. The summed E-state index contributed by atoms with van der Waals surface area (Å²) in [5.74, 6) is 0.0732. The number of nitrogens with one attached hydrogen (secondary N) is 1. The standard InChI is InChI=1S/C15H18N2O2S/c16-15-8-6-13(7-9-15)10-11-20(18,19)17-12-14-4-2-1-3-5-14/h1-9,17H,10-12,16H2. The van der Waals surface area contributed by atoms with E-state index in [4.69, 9.17) is 5.73 Å². The Kier molecular flexibility index (Phi) is 4.76. The van der Waals surface area contributed by atoms with E-state index in [1.165, 1.54) is 0 Å². The lowest BCUT2D eigenvalue weighted by atomic mass is 10.2. The second kappa shape index (κ2) is 6.54. The Morgan fingerprint density at radius 2 is 1.55 bits per heavy atom. The van der Waals surface area contributed by atoms with Crippen LogP contribution in [-0.2, 0) is 23.0 Å². The van der Waals surface area contributed by atoms with Gasteiger partial charge in [0.05, 0.1) is 5.75 Å². The molecule has 0 amide bonds. The van der Waals surface area contributed by atoms with Crippen LogP contribution in [0.2, 0.25) is 0 Å². The van der Waals surface area contributed by atoms with Gasteiger partial charge in [-0.1, -0.05) is 42.5 Å². The quantitative estimate of drug-likeness (QED) is 0.799. The molecule has 4 nitrogen and oxygen atoms in total. The molecule has 106 valence electrons. The van der Waals surface area contributed by atoms with Gasteiger partial charge < -0.3 is 5.73 Å². The lowest BCUT2D eigenvalue weighted by Gasteiger charge is -2.07. The van der Waals surface area contributed by atoms with Crippen LogP contribution in [0.25, 0.3) is 0 Å². The van der Waals surface area contributed by atoms with Gasteiger partial charge in [0.15, 0.2) is 0 Å². The first kappa shape index (κ1) is 14.6. The molecule has 0 fully saturated rings. The Balaban J connectivity index is 1.86. The molecule has 0 aliphatic rings. The Bertz CT molecular complexity index is 637. The van der Waals surface area contributed by atoms with Crippen molar-refractivity contribution in [3.8, 4) is 0 Å². The molecular formula is C15H18N2O2S. The van der Waals surface area contributed by atoms with Gasteiger partial charge in [-0.2, -0.15) is 0 Å². The summed E-state index contributed by atoms with van der Waals surface area (Å²) in [6.07, 6.45) is 0.477. The van der Waals surface area contributed by atoms with E-state index in [-0.39, 0.29) is 5.75 Å². The van der Waals surface area contributed by atoms with E-state index < -0.39 is 10.0 Å². The fourth-order valence-electron chi connectivity index (χ4n) is 1.80. The minimum Gasteiger partial charge on any atom is -0.399 e. The molecule has 0 aliphatic carbocycles. The first-order chi connectivity index (χ1) is 9.55. The molecule has 3 N–H and O–H groups in total. The third-order valence-corrected chi connectivity index (χ3v) is 4.30. The van der Waals surface area contributed by atoms with E-state index in [1.807, 2.05) is 42.5 Å². The first-order valence-corrected chi connectivity index (χ1v) is 8.06. The summed E-state index contributed by atoms with van der Waals surface area (Å²) < 4.78 is 26.4. The van der Waals surface area contributed by atoms with Gasteiger partial charge in [-0.05, 0) is 29.7 Å². The van der Waals surface area contributed by atoms with Gasteiger partial charge in [-0.25, -0.2) is 13.1 Å². The summed E-state index contributed by atoms with van der Waals surface area (Å²) in [5, 5.41) is 0. The highest BCUT2D eigenvalue weighted by molar-refractivity contribution is 7.89. The predicted molar refractivity (Wildman–Crippen MR) is 81.6 cm³/mol. The molecule has 0 saturated carbocycles. The SMILES string of the molecule is Nc1ccc(CCS(=O)(=O)NCc2ccccc2)cc1. The summed E-state index contributed by atoms with van der Waals surface area (Å²) >= 11 is 0. The van der Waals surface area contributed by atoms with Crippen LogP contribution in [0, 0.1) is 0 Å². The van der Waals surface area contributed by atoms with Crippen molar-refractivity contribution in [2.75, 3.05) is 11.5 Å². The van der Waals surface area contributed by atoms with Crippen LogP contribution >= 0.6 is 0 Å². The van der Waals surface area contributed by atoms with Crippen molar-refractivity contribution in [1.82, 2.24) is 4.72 Å². The highest BCUT2D eigenvalue weighted by Gasteiger charge is 2.10. The van der Waals surface area contributed by atoms with Crippen LogP contribution < -0.4 is 10.5 Å². The highest BCUT2D eigenvalue weighted by atomic mass is 32.2. The van der Waals surface area contributed by atoms with E-state index in [0.29, 0.717) is 18.7 Å². The normalized spacial score (nSPS) is 11.4. The largest absolute Gasteiger partial charge is 0.399 e. The summed E-state index contributed by atoms with van der Waals surface area (Å²) in [4.78, 5) is 0. The van der Waals surface area contributed by atoms with E-state index in [0.717, 1.165) is 11.1 Å². The Labute approximate surface area is 119 Å². The zero-order chi connectivity index (χ0) is 14.4. The van der Waals surface area contributed by atoms with Crippen LogP contribution in [-0.4, -0.2) is 14.2 Å². The van der Waals surface area contributed by atoms with Crippen LogP contribution in [0.4, 0.5) is 5.69 Å². The van der Waals surface area contributed by atoms with Crippen LogP contribution in [0.15, 0.2) is 54.6 Å². The lowest BCUT2D eigenvalue weighted by Crippen LogP contribution is -2.26. The van der Waals surface area contributed by atoms with Crippen LogP contribution in [0.5, 0.6) is 0 Å². The molecule has 5 heteroatoms. The number of hydrogen-bond donors (Lipinski definition) is 2. The molecular weight excluding hydrogens is 272 g/mol. The third-order valence-electron chi connectivity index (χ3n) is 2.98. The van der Waals surface area contributed by atoms with Crippen LogP contribution in [0.1, 0.15) is 11.1 Å². The maximum Gasteiger partial charge on any atom is 0.212 e. The molecule has 0 unspecified atom stereocenters. The summed E-state index contributed by atoms with van der Waals surface area (Å²) in [6, 6.07) is 16.7. The molecule has 20 heavy (non-hydrogen) atoms. The highest BCUT2D eigenvalue weighted by Crippen LogP contribution is 2.07. The Morgan fingerprint density at radius 3 is 2.20 bits per heavy atom. The molecule has 2 aromatic carbocycles. The van der Waals surface area contributed by atoms with Gasteiger partial charge >= 0.3 is 0 Å². The minimum atomic E-state index is -3.27. The van der Waals surface area contributed by atoms with Crippen molar-refractivity contribution in [3.63, 3.8) is 0 Å². The summed E-state index contributed by atoms with van der Waals surface area (Å²) in [6.45, 7) is 0.324. The smallest absolute Gasteiger partial charge is 0.212 e. The van der Waals surface area contributed by atoms with Gasteiger partial charge in [0.25, 0.3) is 0 Å². The van der Waals surface area contributed by atoms with E-state index in [2.05, 4.69) is 4.72 Å². The average Bonchev–Trinajstić information content (AvgIpc) is 2.46. The van der Waals surface area contributed by atoms with Crippen molar-refractivity contribution < 1.29 is 8.42 Å². The van der Waals surface area contributed by atoms with Gasteiger partial charge in [-0.3, -0.25) is 0 Å². The number of sulfonamides is 1. The number of anilines is 1. The molecule has 0 aromatic heterocycles. The number of rotatable bonds is 6. The van der Waals surface area contributed by atoms with Crippen LogP contribution in [0.3, 0.4) is 0 Å². The second-order valence-corrected chi connectivity index (χ2v) is 6.54. The van der Waals surface area contributed by atoms with Crippen molar-refractivity contribution in [3.05, 3.63) is 65.7 Å². The topological polar surface area (TPSA) is 72.2 Å².